The maximum Gasteiger partial charge on any atom is 0.308 e. The third kappa shape index (κ3) is 6.90. The Bertz CT molecular complexity index is 196. The molecule has 0 spiro atoms. The van der Waals surface area contributed by atoms with Gasteiger partial charge in [-0.3, -0.25) is 14.8 Å². The standard InChI is InChI=1S/C10H19NO4/c1-2-3-4-5-6-9(10(13)14)7-11(15)8-12/h8-9,15H,2-7H2,1H3,(H,13,14)/t9-/m1/s1. The normalized spacial score (nSPS) is 12.1. The quantitative estimate of drug-likeness (QED) is 0.265. The van der Waals surface area contributed by atoms with Crippen LogP contribution in [0.15, 0.2) is 0 Å². The molecule has 0 aliphatic heterocycles. The first-order valence-electron chi connectivity index (χ1n) is 5.25. The SMILES string of the molecule is CCCCCC[C@H](CN(O)C=O)C(=O)O. The Hall–Kier alpha value is -1.10. The third-order valence-corrected chi connectivity index (χ3v) is 2.28. The van der Waals surface area contributed by atoms with Gasteiger partial charge in [0.2, 0.25) is 6.41 Å². The largest absolute Gasteiger partial charge is 0.481 e. The van der Waals surface area contributed by atoms with Crippen LogP contribution in [0.3, 0.4) is 0 Å². The van der Waals surface area contributed by atoms with Crippen LogP contribution in [0.1, 0.15) is 39.0 Å². The Morgan fingerprint density at radius 2 is 2.07 bits per heavy atom. The molecule has 0 radical (unpaired) electrons. The number of carboxylic acids is 1. The molecule has 1 atom stereocenters. The fourth-order valence-electron chi connectivity index (χ4n) is 1.38. The lowest BCUT2D eigenvalue weighted by molar-refractivity contribution is -0.159. The summed E-state index contributed by atoms with van der Waals surface area (Å²) in [5.74, 6) is -1.63. The number of nitrogens with zero attached hydrogens (tertiary/aromatic N) is 1. The van der Waals surface area contributed by atoms with Crippen LogP contribution in [0.5, 0.6) is 0 Å². The number of amides is 1. The maximum absolute atomic E-state index is 10.8. The van der Waals surface area contributed by atoms with Gasteiger partial charge in [0.15, 0.2) is 0 Å². The van der Waals surface area contributed by atoms with Crippen molar-refractivity contribution in [3.63, 3.8) is 0 Å². The Balaban J connectivity index is 3.83. The lowest BCUT2D eigenvalue weighted by Crippen LogP contribution is -2.29. The van der Waals surface area contributed by atoms with E-state index in [0.717, 1.165) is 25.7 Å². The molecule has 0 rings (SSSR count). The topological polar surface area (TPSA) is 77.8 Å². The summed E-state index contributed by atoms with van der Waals surface area (Å²) >= 11 is 0. The van der Waals surface area contributed by atoms with Crippen molar-refractivity contribution in [2.24, 2.45) is 5.92 Å². The monoisotopic (exact) mass is 217 g/mol. The predicted octanol–water partition coefficient (Wildman–Crippen LogP) is 1.51. The molecule has 0 unspecified atom stereocenters. The van der Waals surface area contributed by atoms with E-state index in [4.69, 9.17) is 10.3 Å². The van der Waals surface area contributed by atoms with Crippen LogP contribution >= 0.6 is 0 Å². The molecule has 15 heavy (non-hydrogen) atoms. The van der Waals surface area contributed by atoms with Crippen molar-refractivity contribution in [1.82, 2.24) is 5.06 Å². The number of aliphatic carboxylic acids is 1. The minimum absolute atomic E-state index is 0.134. The summed E-state index contributed by atoms with van der Waals surface area (Å²) in [4.78, 5) is 20.9. The molecular weight excluding hydrogens is 198 g/mol. The summed E-state index contributed by atoms with van der Waals surface area (Å²) in [6.45, 7) is 1.95. The van der Waals surface area contributed by atoms with E-state index in [-0.39, 0.29) is 13.0 Å². The number of hydrogen-bond donors (Lipinski definition) is 2. The first kappa shape index (κ1) is 13.9. The predicted molar refractivity (Wildman–Crippen MR) is 54.4 cm³/mol. The maximum atomic E-state index is 10.8. The van der Waals surface area contributed by atoms with E-state index in [0.29, 0.717) is 11.5 Å². The zero-order valence-corrected chi connectivity index (χ0v) is 9.06. The summed E-state index contributed by atoms with van der Waals surface area (Å²) < 4.78 is 0. The molecule has 0 saturated carbocycles. The first-order valence-corrected chi connectivity index (χ1v) is 5.25. The summed E-state index contributed by atoms with van der Waals surface area (Å²) in [6, 6.07) is 0. The van der Waals surface area contributed by atoms with Crippen LogP contribution in [0.2, 0.25) is 0 Å². The molecule has 0 fully saturated rings. The van der Waals surface area contributed by atoms with E-state index in [1.54, 1.807) is 0 Å². The van der Waals surface area contributed by atoms with Crippen LogP contribution in [0.4, 0.5) is 0 Å². The van der Waals surface area contributed by atoms with Crippen molar-refractivity contribution in [3.05, 3.63) is 0 Å². The number of hydrogen-bond acceptors (Lipinski definition) is 3. The van der Waals surface area contributed by atoms with Crippen molar-refractivity contribution in [2.75, 3.05) is 6.54 Å². The van der Waals surface area contributed by atoms with Crippen LogP contribution in [-0.4, -0.2) is 34.3 Å². The molecular formula is C10H19NO4. The minimum Gasteiger partial charge on any atom is -0.481 e. The second kappa shape index (κ2) is 8.23. The lowest BCUT2D eigenvalue weighted by atomic mass is 10.0. The van der Waals surface area contributed by atoms with Gasteiger partial charge in [0, 0.05) is 0 Å². The summed E-state index contributed by atoms with van der Waals surface area (Å²) in [6.07, 6.45) is 4.72. The smallest absolute Gasteiger partial charge is 0.308 e. The summed E-state index contributed by atoms with van der Waals surface area (Å²) in [5, 5.41) is 18.1. The fraction of sp³-hybridized carbons (Fsp3) is 0.800. The number of carbonyl (C=O) groups excluding carboxylic acids is 1. The zero-order chi connectivity index (χ0) is 11.7. The molecule has 0 aromatic heterocycles. The molecule has 5 heteroatoms. The second-order valence-corrected chi connectivity index (χ2v) is 3.61. The molecule has 0 saturated heterocycles. The highest BCUT2D eigenvalue weighted by Crippen LogP contribution is 2.12. The highest BCUT2D eigenvalue weighted by molar-refractivity contribution is 5.70. The Morgan fingerprint density at radius 3 is 2.53 bits per heavy atom. The van der Waals surface area contributed by atoms with Gasteiger partial charge in [-0.15, -0.1) is 0 Å². The number of rotatable bonds is 9. The van der Waals surface area contributed by atoms with Crippen molar-refractivity contribution >= 4 is 12.4 Å². The average molecular weight is 217 g/mol. The minimum atomic E-state index is -0.965. The fourth-order valence-corrected chi connectivity index (χ4v) is 1.38. The summed E-state index contributed by atoms with van der Waals surface area (Å²) in [5.41, 5.74) is 0. The van der Waals surface area contributed by atoms with Gasteiger partial charge in [-0.2, -0.15) is 0 Å². The average Bonchev–Trinajstić information content (AvgIpc) is 2.21. The van der Waals surface area contributed by atoms with E-state index < -0.39 is 11.9 Å². The van der Waals surface area contributed by atoms with Gasteiger partial charge in [-0.25, -0.2) is 5.06 Å². The molecule has 5 nitrogen and oxygen atoms in total. The highest BCUT2D eigenvalue weighted by Gasteiger charge is 2.19. The Morgan fingerprint density at radius 1 is 1.40 bits per heavy atom. The van der Waals surface area contributed by atoms with Crippen LogP contribution < -0.4 is 0 Å². The highest BCUT2D eigenvalue weighted by atomic mass is 16.5. The van der Waals surface area contributed by atoms with Gasteiger partial charge < -0.3 is 5.11 Å². The van der Waals surface area contributed by atoms with Crippen molar-refractivity contribution < 1.29 is 19.9 Å². The molecule has 0 heterocycles. The number of hydroxylamine groups is 2. The summed E-state index contributed by atoms with van der Waals surface area (Å²) in [7, 11) is 0. The molecule has 0 aromatic rings. The zero-order valence-electron chi connectivity index (χ0n) is 9.06. The molecule has 88 valence electrons. The Labute approximate surface area is 89.6 Å². The van der Waals surface area contributed by atoms with Gasteiger partial charge in [-0.1, -0.05) is 32.6 Å². The van der Waals surface area contributed by atoms with Crippen molar-refractivity contribution in [1.29, 1.82) is 0 Å². The third-order valence-electron chi connectivity index (χ3n) is 2.28. The molecule has 0 aliphatic rings. The molecule has 0 bridgehead atoms. The van der Waals surface area contributed by atoms with Gasteiger partial charge in [0.25, 0.3) is 0 Å². The second-order valence-electron chi connectivity index (χ2n) is 3.61. The van der Waals surface area contributed by atoms with E-state index in [2.05, 4.69) is 6.92 Å². The van der Waals surface area contributed by atoms with E-state index in [9.17, 15) is 9.59 Å². The van der Waals surface area contributed by atoms with Gasteiger partial charge in [0.05, 0.1) is 12.5 Å². The van der Waals surface area contributed by atoms with Gasteiger partial charge >= 0.3 is 5.97 Å². The first-order chi connectivity index (χ1) is 7.11. The van der Waals surface area contributed by atoms with E-state index in [1.165, 1.54) is 0 Å². The van der Waals surface area contributed by atoms with E-state index >= 15 is 0 Å². The van der Waals surface area contributed by atoms with Crippen molar-refractivity contribution in [3.8, 4) is 0 Å². The number of carbonyl (C=O) groups is 2. The Kier molecular flexibility index (Phi) is 7.62. The number of unbranched alkanes of at least 4 members (excludes halogenated alkanes) is 3. The molecule has 0 aliphatic carbocycles. The van der Waals surface area contributed by atoms with Crippen LogP contribution in [-0.2, 0) is 9.59 Å². The molecule has 0 aromatic carbocycles. The van der Waals surface area contributed by atoms with Gasteiger partial charge in [0.1, 0.15) is 0 Å². The van der Waals surface area contributed by atoms with Crippen LogP contribution in [0, 0.1) is 5.92 Å². The van der Waals surface area contributed by atoms with E-state index in [1.807, 2.05) is 0 Å². The lowest BCUT2D eigenvalue weighted by Gasteiger charge is -2.15. The number of carboxylic acid groups (broad SMARTS) is 1. The molecule has 2 N–H and O–H groups in total. The van der Waals surface area contributed by atoms with Gasteiger partial charge in [-0.05, 0) is 6.42 Å². The van der Waals surface area contributed by atoms with Crippen molar-refractivity contribution in [2.45, 2.75) is 39.0 Å². The molecule has 1 amide bonds. The van der Waals surface area contributed by atoms with Crippen LogP contribution in [0.25, 0.3) is 0 Å².